The molecule has 1 fully saturated rings. The number of carbonyl (C=O) groups is 1. The predicted molar refractivity (Wildman–Crippen MR) is 50.5 cm³/mol. The molecule has 4 nitrogen and oxygen atoms in total. The summed E-state index contributed by atoms with van der Waals surface area (Å²) in [6.45, 7) is 4.82. The zero-order valence-electron chi connectivity index (χ0n) is 8.38. The Balaban J connectivity index is 2.44. The Morgan fingerprint density at radius 1 is 1.54 bits per heavy atom. The molecular formula is C9H18N2O2. The third-order valence-electron chi connectivity index (χ3n) is 2.38. The number of nitrogens with zero attached hydrogens (tertiary/aromatic N) is 1. The summed E-state index contributed by atoms with van der Waals surface area (Å²) in [6.07, 6.45) is 0.840. The van der Waals surface area contributed by atoms with Crippen LogP contribution in [0.25, 0.3) is 0 Å². The van der Waals surface area contributed by atoms with Gasteiger partial charge in [0.05, 0.1) is 19.3 Å². The maximum Gasteiger partial charge on any atom is 0.239 e. The normalized spacial score (nSPS) is 20.0. The minimum atomic E-state index is -0.0295. The molecule has 0 aliphatic carbocycles. The lowest BCUT2D eigenvalue weighted by atomic mass is 10.2. The highest BCUT2D eigenvalue weighted by molar-refractivity contribution is 5.81. The first-order valence-corrected chi connectivity index (χ1v) is 4.83. The van der Waals surface area contributed by atoms with E-state index in [1.54, 1.807) is 0 Å². The van der Waals surface area contributed by atoms with Crippen LogP contribution in [-0.2, 0) is 9.53 Å². The number of hydrogen-bond donors (Lipinski definition) is 1. The lowest BCUT2D eigenvalue weighted by Crippen LogP contribution is -2.49. The second kappa shape index (κ2) is 5.19. The summed E-state index contributed by atoms with van der Waals surface area (Å²) in [5.41, 5.74) is 0. The summed E-state index contributed by atoms with van der Waals surface area (Å²) in [7, 11) is 1.83. The zero-order valence-corrected chi connectivity index (χ0v) is 8.38. The van der Waals surface area contributed by atoms with Crippen LogP contribution in [0.5, 0.6) is 0 Å². The van der Waals surface area contributed by atoms with Gasteiger partial charge in [-0.05, 0) is 13.5 Å². The summed E-state index contributed by atoms with van der Waals surface area (Å²) >= 11 is 0. The van der Waals surface area contributed by atoms with Crippen LogP contribution in [0.4, 0.5) is 0 Å². The van der Waals surface area contributed by atoms with Crippen molar-refractivity contribution in [1.82, 2.24) is 10.2 Å². The third-order valence-corrected chi connectivity index (χ3v) is 2.38. The average molecular weight is 186 g/mol. The fraction of sp³-hybridized carbons (Fsp3) is 0.889. The Morgan fingerprint density at radius 3 is 2.62 bits per heavy atom. The predicted octanol–water partition coefficient (Wildman–Crippen LogP) is -0.157. The van der Waals surface area contributed by atoms with Crippen LogP contribution in [0.1, 0.15) is 13.3 Å². The van der Waals surface area contributed by atoms with E-state index in [1.165, 1.54) is 0 Å². The standard InChI is InChI=1S/C9H18N2O2/c1-3-8(10-2)9(12)11-4-6-13-7-5-11/h8,10H,3-7H2,1-2H3. The van der Waals surface area contributed by atoms with E-state index in [2.05, 4.69) is 5.32 Å². The molecule has 1 aliphatic rings. The lowest BCUT2D eigenvalue weighted by Gasteiger charge is -2.29. The largest absolute Gasteiger partial charge is 0.378 e. The van der Waals surface area contributed by atoms with Crippen LogP contribution in [0, 0.1) is 0 Å². The van der Waals surface area contributed by atoms with Gasteiger partial charge < -0.3 is 15.0 Å². The summed E-state index contributed by atoms with van der Waals surface area (Å²) in [4.78, 5) is 13.6. The van der Waals surface area contributed by atoms with Gasteiger partial charge in [0.2, 0.25) is 5.91 Å². The third kappa shape index (κ3) is 2.67. The monoisotopic (exact) mass is 186 g/mol. The van der Waals surface area contributed by atoms with Gasteiger partial charge in [-0.3, -0.25) is 4.79 Å². The maximum absolute atomic E-state index is 11.8. The van der Waals surface area contributed by atoms with E-state index in [9.17, 15) is 4.79 Å². The van der Waals surface area contributed by atoms with Crippen molar-refractivity contribution in [3.8, 4) is 0 Å². The Morgan fingerprint density at radius 2 is 2.15 bits per heavy atom. The molecule has 0 spiro atoms. The van der Waals surface area contributed by atoms with Crippen LogP contribution in [0.3, 0.4) is 0 Å². The Kier molecular flexibility index (Phi) is 4.18. The van der Waals surface area contributed by atoms with Gasteiger partial charge in [-0.15, -0.1) is 0 Å². The first-order chi connectivity index (χ1) is 6.29. The highest BCUT2D eigenvalue weighted by Crippen LogP contribution is 2.02. The first-order valence-electron chi connectivity index (χ1n) is 4.83. The molecular weight excluding hydrogens is 168 g/mol. The van der Waals surface area contributed by atoms with Gasteiger partial charge in [0, 0.05) is 13.1 Å². The second-order valence-corrected chi connectivity index (χ2v) is 3.19. The smallest absolute Gasteiger partial charge is 0.239 e. The number of morpholine rings is 1. The van der Waals surface area contributed by atoms with Crippen molar-refractivity contribution in [2.75, 3.05) is 33.4 Å². The van der Waals surface area contributed by atoms with Crippen LogP contribution < -0.4 is 5.32 Å². The molecule has 0 bridgehead atoms. The fourth-order valence-electron chi connectivity index (χ4n) is 1.51. The number of rotatable bonds is 3. The molecule has 1 N–H and O–H groups in total. The molecule has 1 heterocycles. The van der Waals surface area contributed by atoms with E-state index >= 15 is 0 Å². The van der Waals surface area contributed by atoms with Crippen molar-refractivity contribution >= 4 is 5.91 Å². The molecule has 0 aromatic heterocycles. The quantitative estimate of drug-likeness (QED) is 0.666. The first kappa shape index (κ1) is 10.5. The van der Waals surface area contributed by atoms with Crippen LogP contribution >= 0.6 is 0 Å². The molecule has 0 radical (unpaired) electrons. The molecule has 0 saturated carbocycles. The van der Waals surface area contributed by atoms with Crippen molar-refractivity contribution < 1.29 is 9.53 Å². The highest BCUT2D eigenvalue weighted by atomic mass is 16.5. The molecule has 76 valence electrons. The maximum atomic E-state index is 11.8. The van der Waals surface area contributed by atoms with E-state index in [-0.39, 0.29) is 11.9 Å². The van der Waals surface area contributed by atoms with Gasteiger partial charge in [-0.25, -0.2) is 0 Å². The Hall–Kier alpha value is -0.610. The summed E-state index contributed by atoms with van der Waals surface area (Å²) in [5, 5.41) is 3.02. The number of carbonyl (C=O) groups excluding carboxylic acids is 1. The fourth-order valence-corrected chi connectivity index (χ4v) is 1.51. The van der Waals surface area contributed by atoms with Crippen LogP contribution in [0.2, 0.25) is 0 Å². The van der Waals surface area contributed by atoms with E-state index in [0.717, 1.165) is 19.5 Å². The SMILES string of the molecule is CCC(NC)C(=O)N1CCOCC1. The lowest BCUT2D eigenvalue weighted by molar-refractivity contribution is -0.137. The van der Waals surface area contributed by atoms with Gasteiger partial charge >= 0.3 is 0 Å². The molecule has 1 rings (SSSR count). The van der Waals surface area contributed by atoms with Gasteiger partial charge in [0.1, 0.15) is 0 Å². The molecule has 1 saturated heterocycles. The van der Waals surface area contributed by atoms with Gasteiger partial charge in [-0.1, -0.05) is 6.92 Å². The topological polar surface area (TPSA) is 41.6 Å². The minimum Gasteiger partial charge on any atom is -0.378 e. The summed E-state index contributed by atoms with van der Waals surface area (Å²) < 4.78 is 5.18. The van der Waals surface area contributed by atoms with Gasteiger partial charge in [-0.2, -0.15) is 0 Å². The molecule has 13 heavy (non-hydrogen) atoms. The van der Waals surface area contributed by atoms with E-state index in [1.807, 2.05) is 18.9 Å². The molecule has 1 aliphatic heterocycles. The average Bonchev–Trinajstić information content (AvgIpc) is 2.21. The van der Waals surface area contributed by atoms with Crippen molar-refractivity contribution in [3.05, 3.63) is 0 Å². The van der Waals surface area contributed by atoms with E-state index < -0.39 is 0 Å². The molecule has 1 unspecified atom stereocenters. The minimum absolute atomic E-state index is 0.0295. The van der Waals surface area contributed by atoms with E-state index in [4.69, 9.17) is 4.74 Å². The highest BCUT2D eigenvalue weighted by Gasteiger charge is 2.22. The Bertz CT molecular complexity index is 163. The van der Waals surface area contributed by atoms with Crippen molar-refractivity contribution in [1.29, 1.82) is 0 Å². The van der Waals surface area contributed by atoms with Gasteiger partial charge in [0.15, 0.2) is 0 Å². The van der Waals surface area contributed by atoms with Crippen LogP contribution in [0.15, 0.2) is 0 Å². The van der Waals surface area contributed by atoms with Crippen molar-refractivity contribution in [2.24, 2.45) is 0 Å². The number of likely N-dealkylation sites (N-methyl/N-ethyl adjacent to an activating group) is 1. The van der Waals surface area contributed by atoms with E-state index in [0.29, 0.717) is 13.2 Å². The zero-order chi connectivity index (χ0) is 9.68. The number of ether oxygens (including phenoxy) is 1. The number of hydrogen-bond acceptors (Lipinski definition) is 3. The second-order valence-electron chi connectivity index (χ2n) is 3.19. The van der Waals surface area contributed by atoms with Crippen molar-refractivity contribution in [3.63, 3.8) is 0 Å². The molecule has 0 aromatic carbocycles. The Labute approximate surface area is 79.2 Å². The number of nitrogens with one attached hydrogen (secondary N) is 1. The molecule has 1 atom stereocenters. The molecule has 0 aromatic rings. The molecule has 4 heteroatoms. The van der Waals surface area contributed by atoms with Crippen LogP contribution in [-0.4, -0.2) is 50.2 Å². The molecule has 1 amide bonds. The van der Waals surface area contributed by atoms with Gasteiger partial charge in [0.25, 0.3) is 0 Å². The number of amides is 1. The summed E-state index contributed by atoms with van der Waals surface area (Å²) in [5.74, 6) is 0.202. The van der Waals surface area contributed by atoms with Crippen molar-refractivity contribution in [2.45, 2.75) is 19.4 Å². The summed E-state index contributed by atoms with van der Waals surface area (Å²) in [6, 6.07) is -0.0295.